The molecule has 0 aromatic heterocycles. The lowest BCUT2D eigenvalue weighted by atomic mass is 10.1. The van der Waals surface area contributed by atoms with Gasteiger partial charge in [-0.25, -0.2) is 14.5 Å². The normalized spacial score (nSPS) is 14.3. The first kappa shape index (κ1) is 23.8. The fourth-order valence-corrected chi connectivity index (χ4v) is 3.56. The summed E-state index contributed by atoms with van der Waals surface area (Å²) in [6, 6.07) is 8.88. The van der Waals surface area contributed by atoms with Crippen LogP contribution in [0, 0.1) is 0 Å². The maximum atomic E-state index is 12.5. The first-order valence-corrected chi connectivity index (χ1v) is 10.3. The van der Waals surface area contributed by atoms with Gasteiger partial charge in [0, 0.05) is 0 Å². The molecule has 0 unspecified atom stereocenters. The van der Waals surface area contributed by atoms with E-state index in [1.165, 1.54) is 25.3 Å². The van der Waals surface area contributed by atoms with Gasteiger partial charge in [-0.05, 0) is 57.4 Å². The number of carbonyl (C=O) groups excluding carboxylic acids is 3. The smallest absolute Gasteiger partial charge is 0.335 e. The second kappa shape index (κ2) is 10.2. The number of rotatable bonds is 8. The highest BCUT2D eigenvalue weighted by atomic mass is 79.9. The summed E-state index contributed by atoms with van der Waals surface area (Å²) in [6.45, 7) is -0.408. The van der Waals surface area contributed by atoms with Crippen molar-refractivity contribution >= 4 is 45.9 Å². The Bertz CT molecular complexity index is 1160. The Morgan fingerprint density at radius 3 is 2.61 bits per heavy atom. The van der Waals surface area contributed by atoms with Crippen LogP contribution in [0.1, 0.15) is 21.5 Å². The lowest BCUT2D eigenvalue weighted by Gasteiger charge is -2.14. The minimum Gasteiger partial charge on any atom is -0.493 e. The molecular weight excluding hydrogens is 500 g/mol. The van der Waals surface area contributed by atoms with Crippen LogP contribution in [0.4, 0.5) is 4.79 Å². The molecule has 0 saturated carbocycles. The van der Waals surface area contributed by atoms with Crippen LogP contribution in [0.15, 0.2) is 46.6 Å². The molecule has 10 nitrogen and oxygen atoms in total. The van der Waals surface area contributed by atoms with E-state index in [4.69, 9.17) is 14.6 Å². The molecule has 0 aliphatic carbocycles. The Morgan fingerprint density at radius 1 is 1.18 bits per heavy atom. The van der Waals surface area contributed by atoms with Gasteiger partial charge in [0.1, 0.15) is 18.8 Å². The summed E-state index contributed by atoms with van der Waals surface area (Å²) in [5, 5.41) is 11.5. The summed E-state index contributed by atoms with van der Waals surface area (Å²) in [5.74, 6) is -1.71. The Morgan fingerprint density at radius 2 is 1.94 bits per heavy atom. The van der Waals surface area contributed by atoms with E-state index >= 15 is 0 Å². The predicted octanol–water partition coefficient (Wildman–Crippen LogP) is 2.80. The fraction of sp³-hybridized carbons (Fsp3) is 0.182. The van der Waals surface area contributed by atoms with E-state index in [9.17, 15) is 19.2 Å². The lowest BCUT2D eigenvalue weighted by Crippen LogP contribution is -2.36. The van der Waals surface area contributed by atoms with Crippen molar-refractivity contribution in [1.82, 2.24) is 10.2 Å². The molecule has 1 heterocycles. The van der Waals surface area contributed by atoms with E-state index in [2.05, 4.69) is 26.0 Å². The quantitative estimate of drug-likeness (QED) is 0.309. The van der Waals surface area contributed by atoms with Crippen molar-refractivity contribution in [3.63, 3.8) is 0 Å². The van der Waals surface area contributed by atoms with Crippen LogP contribution in [0.2, 0.25) is 0 Å². The summed E-state index contributed by atoms with van der Waals surface area (Å²) < 4.78 is 16.2. The SMILES string of the molecule is COC(=O)CN1C(=O)N/C(=C/c2cc(Br)c(OCc3cccc(C(=O)O)c3)c(OC)c2)C1=O. The van der Waals surface area contributed by atoms with Gasteiger partial charge in [0.05, 0.1) is 24.3 Å². The number of hydrogen-bond acceptors (Lipinski definition) is 7. The van der Waals surface area contributed by atoms with Crippen molar-refractivity contribution in [3.8, 4) is 11.5 Å². The number of amides is 3. The van der Waals surface area contributed by atoms with E-state index in [0.29, 0.717) is 27.1 Å². The molecule has 0 bridgehead atoms. The monoisotopic (exact) mass is 518 g/mol. The number of nitrogens with zero attached hydrogens (tertiary/aromatic N) is 1. The summed E-state index contributed by atoms with van der Waals surface area (Å²) in [6.07, 6.45) is 1.44. The molecule has 1 saturated heterocycles. The standard InChI is InChI=1S/C22H19BrN2O8/c1-31-17-9-13(8-16-20(27)25(22(30)24-16)10-18(26)32-2)7-15(23)19(17)33-11-12-4-3-5-14(6-12)21(28)29/h3-9H,10-11H2,1-2H3,(H,24,30)(H,28,29)/b16-8+. The predicted molar refractivity (Wildman–Crippen MR) is 119 cm³/mol. The first-order valence-electron chi connectivity index (χ1n) is 9.47. The number of nitrogens with one attached hydrogen (secondary N) is 1. The lowest BCUT2D eigenvalue weighted by molar-refractivity contribution is -0.143. The molecular formula is C22H19BrN2O8. The maximum absolute atomic E-state index is 12.5. The number of imide groups is 1. The average Bonchev–Trinajstić information content (AvgIpc) is 3.05. The van der Waals surface area contributed by atoms with Gasteiger partial charge >= 0.3 is 18.0 Å². The molecule has 11 heteroatoms. The number of carboxylic acid groups (broad SMARTS) is 1. The van der Waals surface area contributed by atoms with E-state index < -0.39 is 30.4 Å². The van der Waals surface area contributed by atoms with Gasteiger partial charge < -0.3 is 24.6 Å². The van der Waals surface area contributed by atoms with Crippen LogP contribution >= 0.6 is 15.9 Å². The van der Waals surface area contributed by atoms with Gasteiger partial charge in [-0.2, -0.15) is 0 Å². The van der Waals surface area contributed by atoms with Crippen molar-refractivity contribution in [2.45, 2.75) is 6.61 Å². The van der Waals surface area contributed by atoms with Crippen molar-refractivity contribution in [2.75, 3.05) is 20.8 Å². The van der Waals surface area contributed by atoms with Crippen LogP contribution < -0.4 is 14.8 Å². The van der Waals surface area contributed by atoms with Crippen molar-refractivity contribution < 1.29 is 38.5 Å². The highest BCUT2D eigenvalue weighted by Gasteiger charge is 2.35. The van der Waals surface area contributed by atoms with Crippen LogP contribution in [0.5, 0.6) is 11.5 Å². The van der Waals surface area contributed by atoms with Crippen molar-refractivity contribution in [2.24, 2.45) is 0 Å². The summed E-state index contributed by atoms with van der Waals surface area (Å²) in [5.41, 5.74) is 1.30. The minimum absolute atomic E-state index is 0.0167. The van der Waals surface area contributed by atoms with E-state index in [0.717, 1.165) is 12.0 Å². The Labute approximate surface area is 196 Å². The summed E-state index contributed by atoms with van der Waals surface area (Å²) >= 11 is 3.41. The molecule has 1 aliphatic rings. The Hall–Kier alpha value is -3.86. The third-order valence-corrected chi connectivity index (χ3v) is 5.19. The zero-order chi connectivity index (χ0) is 24.1. The number of ether oxygens (including phenoxy) is 3. The second-order valence-corrected chi connectivity index (χ2v) is 7.64. The minimum atomic E-state index is -1.04. The molecule has 1 fully saturated rings. The number of aromatic carboxylic acids is 1. The zero-order valence-corrected chi connectivity index (χ0v) is 19.2. The van der Waals surface area contributed by atoms with Crippen LogP contribution in [-0.2, 0) is 20.9 Å². The molecule has 172 valence electrons. The molecule has 3 rings (SSSR count). The molecule has 1 aliphatic heterocycles. The topological polar surface area (TPSA) is 131 Å². The first-order chi connectivity index (χ1) is 15.7. The highest BCUT2D eigenvalue weighted by Crippen LogP contribution is 2.38. The molecule has 33 heavy (non-hydrogen) atoms. The van der Waals surface area contributed by atoms with Gasteiger partial charge in [-0.3, -0.25) is 9.59 Å². The van der Waals surface area contributed by atoms with Crippen LogP contribution in [0.3, 0.4) is 0 Å². The fourth-order valence-electron chi connectivity index (χ4n) is 2.99. The average molecular weight is 519 g/mol. The molecule has 3 amide bonds. The number of benzene rings is 2. The third-order valence-electron chi connectivity index (χ3n) is 4.60. The second-order valence-electron chi connectivity index (χ2n) is 6.78. The van der Waals surface area contributed by atoms with Crippen molar-refractivity contribution in [1.29, 1.82) is 0 Å². The summed E-state index contributed by atoms with van der Waals surface area (Å²) in [7, 11) is 2.60. The van der Waals surface area contributed by atoms with Gasteiger partial charge in [0.15, 0.2) is 11.5 Å². The largest absolute Gasteiger partial charge is 0.493 e. The van der Waals surface area contributed by atoms with E-state index in [1.54, 1.807) is 24.3 Å². The highest BCUT2D eigenvalue weighted by molar-refractivity contribution is 9.10. The van der Waals surface area contributed by atoms with Crippen LogP contribution in [0.25, 0.3) is 6.08 Å². The summed E-state index contributed by atoms with van der Waals surface area (Å²) in [4.78, 5) is 47.8. The van der Waals surface area contributed by atoms with Gasteiger partial charge in [-0.1, -0.05) is 12.1 Å². The number of carboxylic acids is 1. The third kappa shape index (κ3) is 5.50. The van der Waals surface area contributed by atoms with E-state index in [-0.39, 0.29) is 17.9 Å². The molecule has 2 aromatic rings. The number of methoxy groups -OCH3 is 2. The zero-order valence-electron chi connectivity index (χ0n) is 17.6. The van der Waals surface area contributed by atoms with Gasteiger partial charge in [0.2, 0.25) is 0 Å². The molecule has 2 N–H and O–H groups in total. The number of hydrogen-bond donors (Lipinski definition) is 2. The number of esters is 1. The maximum Gasteiger partial charge on any atom is 0.335 e. The molecule has 0 radical (unpaired) electrons. The molecule has 0 atom stereocenters. The molecule has 0 spiro atoms. The number of carbonyl (C=O) groups is 4. The van der Waals surface area contributed by atoms with Crippen molar-refractivity contribution in [3.05, 3.63) is 63.3 Å². The van der Waals surface area contributed by atoms with Gasteiger partial charge in [-0.15, -0.1) is 0 Å². The van der Waals surface area contributed by atoms with E-state index in [1.807, 2.05) is 0 Å². The van der Waals surface area contributed by atoms with Crippen LogP contribution in [-0.4, -0.2) is 54.6 Å². The Balaban J connectivity index is 1.81. The number of halogens is 1. The molecule has 2 aromatic carbocycles. The Kier molecular flexibility index (Phi) is 7.34. The number of urea groups is 1. The van der Waals surface area contributed by atoms with Gasteiger partial charge in [0.25, 0.3) is 5.91 Å².